The van der Waals surface area contributed by atoms with E-state index in [-0.39, 0.29) is 17.0 Å². The molecule has 0 aromatic heterocycles. The molecule has 3 heteroatoms. The number of hydrogen-bond acceptors (Lipinski definition) is 2. The maximum atomic E-state index is 11.2. The Balaban J connectivity index is 4.80. The van der Waals surface area contributed by atoms with Gasteiger partial charge in [0.05, 0.1) is 0 Å². The molecule has 0 rings (SSSR count). The zero-order chi connectivity index (χ0) is 13.0. The Hall–Kier alpha value is -0.570. The van der Waals surface area contributed by atoms with Crippen molar-refractivity contribution < 1.29 is 4.79 Å². The lowest BCUT2D eigenvalue weighted by Gasteiger charge is -2.43. The molecular weight excluding hydrogens is 200 g/mol. The van der Waals surface area contributed by atoms with Crippen LogP contribution >= 0.6 is 0 Å². The van der Waals surface area contributed by atoms with Crippen molar-refractivity contribution in [2.45, 2.75) is 65.0 Å². The fourth-order valence-corrected chi connectivity index (χ4v) is 2.12. The van der Waals surface area contributed by atoms with Crippen molar-refractivity contribution in [2.24, 2.45) is 0 Å². The molecule has 0 saturated heterocycles. The fraction of sp³-hybridized carbons (Fsp3) is 0.923. The predicted molar refractivity (Wildman–Crippen MR) is 69.5 cm³/mol. The van der Waals surface area contributed by atoms with Crippen LogP contribution in [0.1, 0.15) is 53.9 Å². The minimum Gasteiger partial charge on any atom is -0.351 e. The third-order valence-corrected chi connectivity index (χ3v) is 3.87. The summed E-state index contributed by atoms with van der Waals surface area (Å²) in [5.41, 5.74) is 0.0219. The van der Waals surface area contributed by atoms with Gasteiger partial charge in [0.2, 0.25) is 5.91 Å². The number of amides is 1. The Bertz CT molecular complexity index is 240. The maximum Gasteiger partial charge on any atom is 0.217 e. The average Bonchev–Trinajstić information content (AvgIpc) is 2.16. The van der Waals surface area contributed by atoms with Gasteiger partial charge in [-0.1, -0.05) is 13.8 Å². The first kappa shape index (κ1) is 15.4. The van der Waals surface area contributed by atoms with Crippen molar-refractivity contribution in [2.75, 3.05) is 14.1 Å². The second-order valence-electron chi connectivity index (χ2n) is 5.52. The van der Waals surface area contributed by atoms with E-state index < -0.39 is 0 Å². The molecule has 0 saturated carbocycles. The summed E-state index contributed by atoms with van der Waals surface area (Å²) in [5.74, 6) is 0.0570. The summed E-state index contributed by atoms with van der Waals surface area (Å²) in [5, 5.41) is 3.09. The van der Waals surface area contributed by atoms with Gasteiger partial charge >= 0.3 is 0 Å². The molecule has 1 amide bonds. The van der Waals surface area contributed by atoms with Crippen molar-refractivity contribution in [3.05, 3.63) is 0 Å². The van der Waals surface area contributed by atoms with Crippen molar-refractivity contribution >= 4 is 5.91 Å². The van der Waals surface area contributed by atoms with Crippen molar-refractivity contribution in [3.63, 3.8) is 0 Å². The highest BCUT2D eigenvalue weighted by Gasteiger charge is 2.35. The predicted octanol–water partition coefficient (Wildman–Crippen LogP) is 2.41. The topological polar surface area (TPSA) is 32.3 Å². The van der Waals surface area contributed by atoms with Crippen LogP contribution in [0.2, 0.25) is 0 Å². The zero-order valence-electron chi connectivity index (χ0n) is 12.0. The molecule has 2 atom stereocenters. The Morgan fingerprint density at radius 1 is 1.19 bits per heavy atom. The molecule has 16 heavy (non-hydrogen) atoms. The Morgan fingerprint density at radius 3 is 1.94 bits per heavy atom. The SMILES string of the molecule is CCC(C)(CC(C)(CC)N(C)C)NC(C)=O. The second-order valence-corrected chi connectivity index (χ2v) is 5.52. The highest BCUT2D eigenvalue weighted by atomic mass is 16.1. The van der Waals surface area contributed by atoms with Crippen molar-refractivity contribution in [1.82, 2.24) is 10.2 Å². The monoisotopic (exact) mass is 228 g/mol. The molecule has 0 aliphatic heterocycles. The Labute approximate surface area is 101 Å². The summed E-state index contributed by atoms with van der Waals surface area (Å²) in [4.78, 5) is 13.5. The van der Waals surface area contributed by atoms with Gasteiger partial charge in [0, 0.05) is 18.0 Å². The minimum atomic E-state index is -0.110. The van der Waals surface area contributed by atoms with Gasteiger partial charge in [-0.3, -0.25) is 4.79 Å². The molecule has 3 nitrogen and oxygen atoms in total. The third-order valence-electron chi connectivity index (χ3n) is 3.87. The van der Waals surface area contributed by atoms with Crippen LogP contribution in [0.5, 0.6) is 0 Å². The average molecular weight is 228 g/mol. The number of nitrogens with zero attached hydrogens (tertiary/aromatic N) is 1. The van der Waals surface area contributed by atoms with E-state index in [0.29, 0.717) is 0 Å². The van der Waals surface area contributed by atoms with E-state index in [1.54, 1.807) is 6.92 Å². The molecule has 0 bridgehead atoms. The molecule has 0 radical (unpaired) electrons. The van der Waals surface area contributed by atoms with Crippen molar-refractivity contribution in [1.29, 1.82) is 0 Å². The Morgan fingerprint density at radius 2 is 1.69 bits per heavy atom. The summed E-state index contributed by atoms with van der Waals surface area (Å²) in [6.07, 6.45) is 3.00. The van der Waals surface area contributed by atoms with Gasteiger partial charge in [0.1, 0.15) is 0 Å². The molecule has 0 aliphatic rings. The van der Waals surface area contributed by atoms with Crippen LogP contribution in [0.25, 0.3) is 0 Å². The second kappa shape index (κ2) is 5.67. The first-order valence-electron chi connectivity index (χ1n) is 6.15. The van der Waals surface area contributed by atoms with Crippen LogP contribution in [0.3, 0.4) is 0 Å². The summed E-state index contributed by atoms with van der Waals surface area (Å²) in [7, 11) is 4.21. The van der Waals surface area contributed by atoms with Crippen LogP contribution in [0, 0.1) is 0 Å². The van der Waals surface area contributed by atoms with E-state index in [9.17, 15) is 4.79 Å². The van der Waals surface area contributed by atoms with E-state index in [1.807, 2.05) is 0 Å². The van der Waals surface area contributed by atoms with Gasteiger partial charge in [0.25, 0.3) is 0 Å². The standard InChI is InChI=1S/C13H28N2O/c1-8-12(4,14-11(3)16)10-13(5,9-2)15(6)7/h8-10H2,1-7H3,(H,14,16). The quantitative estimate of drug-likeness (QED) is 0.757. The van der Waals surface area contributed by atoms with E-state index in [2.05, 4.69) is 52.0 Å². The molecule has 0 fully saturated rings. The lowest BCUT2D eigenvalue weighted by molar-refractivity contribution is -0.121. The molecule has 96 valence electrons. The van der Waals surface area contributed by atoms with Crippen LogP contribution in [0.4, 0.5) is 0 Å². The van der Waals surface area contributed by atoms with Crippen LogP contribution in [-0.4, -0.2) is 36.0 Å². The third kappa shape index (κ3) is 4.12. The minimum absolute atomic E-state index is 0.0570. The van der Waals surface area contributed by atoms with Gasteiger partial charge in [0.15, 0.2) is 0 Å². The molecule has 0 aromatic rings. The highest BCUT2D eigenvalue weighted by Crippen LogP contribution is 2.29. The lowest BCUT2D eigenvalue weighted by Crippen LogP contribution is -2.53. The van der Waals surface area contributed by atoms with E-state index in [0.717, 1.165) is 19.3 Å². The number of rotatable bonds is 6. The largest absolute Gasteiger partial charge is 0.351 e. The number of carbonyl (C=O) groups excluding carboxylic acids is 1. The lowest BCUT2D eigenvalue weighted by atomic mass is 9.80. The molecule has 0 heterocycles. The van der Waals surface area contributed by atoms with Crippen LogP contribution in [-0.2, 0) is 4.79 Å². The first-order chi connectivity index (χ1) is 7.19. The van der Waals surface area contributed by atoms with E-state index in [4.69, 9.17) is 0 Å². The van der Waals surface area contributed by atoms with Gasteiger partial charge in [-0.05, 0) is 47.2 Å². The summed E-state index contributed by atoms with van der Waals surface area (Å²) >= 11 is 0. The molecular formula is C13H28N2O. The van der Waals surface area contributed by atoms with Crippen LogP contribution in [0.15, 0.2) is 0 Å². The summed E-state index contributed by atoms with van der Waals surface area (Å²) in [6.45, 7) is 10.3. The van der Waals surface area contributed by atoms with Gasteiger partial charge in [-0.2, -0.15) is 0 Å². The normalized spacial score (nSPS) is 19.0. The van der Waals surface area contributed by atoms with E-state index in [1.165, 1.54) is 0 Å². The molecule has 0 aromatic carbocycles. The van der Waals surface area contributed by atoms with Gasteiger partial charge in [-0.15, -0.1) is 0 Å². The maximum absolute atomic E-state index is 11.2. The Kier molecular flexibility index (Phi) is 5.47. The first-order valence-corrected chi connectivity index (χ1v) is 6.15. The zero-order valence-corrected chi connectivity index (χ0v) is 12.0. The smallest absolute Gasteiger partial charge is 0.217 e. The summed E-state index contributed by atoms with van der Waals surface area (Å²) < 4.78 is 0. The van der Waals surface area contributed by atoms with E-state index >= 15 is 0 Å². The molecule has 2 unspecified atom stereocenters. The number of carbonyl (C=O) groups is 1. The fourth-order valence-electron chi connectivity index (χ4n) is 2.12. The number of hydrogen-bond donors (Lipinski definition) is 1. The van der Waals surface area contributed by atoms with Gasteiger partial charge in [-0.25, -0.2) is 0 Å². The summed E-state index contributed by atoms with van der Waals surface area (Å²) in [6, 6.07) is 0. The van der Waals surface area contributed by atoms with Crippen molar-refractivity contribution in [3.8, 4) is 0 Å². The highest BCUT2D eigenvalue weighted by molar-refractivity contribution is 5.73. The van der Waals surface area contributed by atoms with Gasteiger partial charge < -0.3 is 10.2 Å². The molecule has 0 aliphatic carbocycles. The molecule has 1 N–H and O–H groups in total. The molecule has 0 spiro atoms. The van der Waals surface area contributed by atoms with Crippen LogP contribution < -0.4 is 5.32 Å². The number of nitrogens with one attached hydrogen (secondary N) is 1.